The van der Waals surface area contributed by atoms with Crippen LogP contribution in [0.25, 0.3) is 0 Å². The van der Waals surface area contributed by atoms with Crippen molar-refractivity contribution in [2.45, 2.75) is 10.1 Å². The molecule has 0 radical (unpaired) electrons. The Bertz CT molecular complexity index is 709. The van der Waals surface area contributed by atoms with E-state index >= 15 is 0 Å². The number of hydrogen-bond donors (Lipinski definition) is 1. The molecule has 0 aliphatic rings. The molecule has 22 heavy (non-hydrogen) atoms. The summed E-state index contributed by atoms with van der Waals surface area (Å²) >= 11 is 0. The summed E-state index contributed by atoms with van der Waals surface area (Å²) in [7, 11) is -0.480. The summed E-state index contributed by atoms with van der Waals surface area (Å²) < 4.78 is 35.7. The largest absolute Gasteiger partial charge is 0.497 e. The molecule has 2 rings (SSSR count). The van der Waals surface area contributed by atoms with Crippen LogP contribution < -0.4 is 15.2 Å². The molecule has 0 amide bonds. The van der Waals surface area contributed by atoms with Gasteiger partial charge < -0.3 is 15.2 Å². The maximum Gasteiger partial charge on any atom is 0.186 e. The van der Waals surface area contributed by atoms with Gasteiger partial charge >= 0.3 is 0 Å². The molecule has 5 nitrogen and oxygen atoms in total. The van der Waals surface area contributed by atoms with Gasteiger partial charge in [0.25, 0.3) is 0 Å². The van der Waals surface area contributed by atoms with Crippen LogP contribution in [0, 0.1) is 0 Å². The van der Waals surface area contributed by atoms with Crippen LogP contribution in [-0.4, -0.2) is 29.2 Å². The van der Waals surface area contributed by atoms with Crippen molar-refractivity contribution in [2.75, 3.05) is 20.8 Å². The first-order chi connectivity index (χ1) is 10.5. The summed E-state index contributed by atoms with van der Waals surface area (Å²) in [5, 5.41) is -0.799. The molecule has 118 valence electrons. The molecular formula is C16H19NO4S. The first kappa shape index (κ1) is 16.3. The van der Waals surface area contributed by atoms with E-state index in [-0.39, 0.29) is 11.4 Å². The van der Waals surface area contributed by atoms with Crippen molar-refractivity contribution in [3.63, 3.8) is 0 Å². The highest BCUT2D eigenvalue weighted by atomic mass is 32.2. The van der Waals surface area contributed by atoms with Gasteiger partial charge in [-0.15, -0.1) is 0 Å². The summed E-state index contributed by atoms with van der Waals surface area (Å²) in [4.78, 5) is 0.222. The normalized spacial score (nSPS) is 12.7. The van der Waals surface area contributed by atoms with Gasteiger partial charge in [-0.1, -0.05) is 12.1 Å². The fourth-order valence-electron chi connectivity index (χ4n) is 2.19. The van der Waals surface area contributed by atoms with Crippen LogP contribution in [0.3, 0.4) is 0 Å². The van der Waals surface area contributed by atoms with Crippen molar-refractivity contribution in [3.8, 4) is 11.5 Å². The third-order valence-corrected chi connectivity index (χ3v) is 5.61. The predicted octanol–water partition coefficient (Wildman–Crippen LogP) is 2.18. The monoisotopic (exact) mass is 321 g/mol. The molecular weight excluding hydrogens is 302 g/mol. The second kappa shape index (κ2) is 6.81. The van der Waals surface area contributed by atoms with Gasteiger partial charge in [0.2, 0.25) is 0 Å². The molecule has 0 bridgehead atoms. The Morgan fingerprint density at radius 3 is 1.77 bits per heavy atom. The van der Waals surface area contributed by atoms with E-state index in [1.807, 2.05) is 0 Å². The zero-order valence-corrected chi connectivity index (χ0v) is 13.3. The first-order valence-corrected chi connectivity index (χ1v) is 8.29. The molecule has 1 atom stereocenters. The number of nitrogens with two attached hydrogens (primary N) is 1. The highest BCUT2D eigenvalue weighted by Crippen LogP contribution is 2.30. The Hall–Kier alpha value is -2.05. The van der Waals surface area contributed by atoms with E-state index in [4.69, 9.17) is 15.2 Å². The average Bonchev–Trinajstić information content (AvgIpc) is 2.56. The van der Waals surface area contributed by atoms with Crippen LogP contribution in [-0.2, 0) is 9.84 Å². The molecule has 0 fully saturated rings. The lowest BCUT2D eigenvalue weighted by atomic mass is 10.1. The van der Waals surface area contributed by atoms with Crippen LogP contribution in [0.5, 0.6) is 11.5 Å². The van der Waals surface area contributed by atoms with Crippen LogP contribution in [0.4, 0.5) is 0 Å². The molecule has 0 aliphatic carbocycles. The van der Waals surface area contributed by atoms with Crippen LogP contribution >= 0.6 is 0 Å². The molecule has 2 aromatic carbocycles. The maximum absolute atomic E-state index is 12.8. The Labute approximate surface area is 130 Å². The van der Waals surface area contributed by atoms with Crippen molar-refractivity contribution in [1.82, 2.24) is 0 Å². The van der Waals surface area contributed by atoms with Gasteiger partial charge in [-0.25, -0.2) is 8.42 Å². The van der Waals surface area contributed by atoms with E-state index in [2.05, 4.69) is 0 Å². The molecule has 0 aromatic heterocycles. The quantitative estimate of drug-likeness (QED) is 0.882. The second-order valence-corrected chi connectivity index (χ2v) is 6.85. The minimum absolute atomic E-state index is 0.000686. The second-order valence-electron chi connectivity index (χ2n) is 4.72. The van der Waals surface area contributed by atoms with Crippen LogP contribution in [0.1, 0.15) is 10.8 Å². The van der Waals surface area contributed by atoms with Crippen molar-refractivity contribution in [2.24, 2.45) is 5.73 Å². The Kier molecular flexibility index (Phi) is 5.05. The van der Waals surface area contributed by atoms with E-state index < -0.39 is 15.1 Å². The van der Waals surface area contributed by atoms with Gasteiger partial charge in [0, 0.05) is 6.54 Å². The molecule has 2 aromatic rings. The topological polar surface area (TPSA) is 78.6 Å². The lowest BCUT2D eigenvalue weighted by molar-refractivity contribution is 0.414. The average molecular weight is 321 g/mol. The lowest BCUT2D eigenvalue weighted by Crippen LogP contribution is -2.22. The summed E-state index contributed by atoms with van der Waals surface area (Å²) in [6.45, 7) is 0.000686. The molecule has 0 saturated carbocycles. The number of rotatable bonds is 6. The molecule has 6 heteroatoms. The van der Waals surface area contributed by atoms with Crippen molar-refractivity contribution in [3.05, 3.63) is 54.1 Å². The van der Waals surface area contributed by atoms with Crippen molar-refractivity contribution < 1.29 is 17.9 Å². The summed E-state index contributed by atoms with van der Waals surface area (Å²) in [5.41, 5.74) is 6.36. The zero-order valence-electron chi connectivity index (χ0n) is 12.5. The third-order valence-electron chi connectivity index (χ3n) is 3.46. The highest BCUT2D eigenvalue weighted by molar-refractivity contribution is 7.91. The van der Waals surface area contributed by atoms with E-state index in [1.165, 1.54) is 19.2 Å². The summed E-state index contributed by atoms with van der Waals surface area (Å²) in [6.07, 6.45) is 0. The van der Waals surface area contributed by atoms with E-state index in [1.54, 1.807) is 43.5 Å². The van der Waals surface area contributed by atoms with Gasteiger partial charge in [0.05, 0.1) is 19.1 Å². The molecule has 0 heterocycles. The van der Waals surface area contributed by atoms with Gasteiger partial charge in [0.1, 0.15) is 16.7 Å². The smallest absolute Gasteiger partial charge is 0.186 e. The molecule has 0 aliphatic heterocycles. The van der Waals surface area contributed by atoms with Gasteiger partial charge in [-0.2, -0.15) is 0 Å². The third kappa shape index (κ3) is 3.23. The maximum atomic E-state index is 12.8. The number of methoxy groups -OCH3 is 2. The number of benzene rings is 2. The molecule has 0 unspecified atom stereocenters. The molecule has 0 spiro atoms. The van der Waals surface area contributed by atoms with Crippen LogP contribution in [0.2, 0.25) is 0 Å². The minimum atomic E-state index is -3.57. The van der Waals surface area contributed by atoms with Gasteiger partial charge in [-0.3, -0.25) is 0 Å². The lowest BCUT2D eigenvalue weighted by Gasteiger charge is -2.17. The Morgan fingerprint density at radius 1 is 0.909 bits per heavy atom. The zero-order chi connectivity index (χ0) is 16.2. The number of ether oxygens (including phenoxy) is 2. The summed E-state index contributed by atoms with van der Waals surface area (Å²) in [5.74, 6) is 1.27. The predicted molar refractivity (Wildman–Crippen MR) is 85.0 cm³/mol. The van der Waals surface area contributed by atoms with Gasteiger partial charge in [-0.05, 0) is 42.0 Å². The van der Waals surface area contributed by atoms with E-state index in [0.29, 0.717) is 17.1 Å². The van der Waals surface area contributed by atoms with Crippen LogP contribution in [0.15, 0.2) is 53.4 Å². The Morgan fingerprint density at radius 2 is 1.36 bits per heavy atom. The molecule has 0 saturated heterocycles. The highest BCUT2D eigenvalue weighted by Gasteiger charge is 2.28. The fraction of sp³-hybridized carbons (Fsp3) is 0.250. The van der Waals surface area contributed by atoms with Gasteiger partial charge in [0.15, 0.2) is 9.84 Å². The molecule has 2 N–H and O–H groups in total. The standard InChI is InChI=1S/C16H19NO4S/c1-20-13-5-3-12(4-6-13)16(11-17)22(18,19)15-9-7-14(21-2)8-10-15/h3-10,16H,11,17H2,1-2H3/t16-/m1/s1. The Balaban J connectivity index is 2.38. The first-order valence-electron chi connectivity index (χ1n) is 6.75. The summed E-state index contributed by atoms with van der Waals surface area (Å²) in [6, 6.07) is 13.2. The number of hydrogen-bond acceptors (Lipinski definition) is 5. The van der Waals surface area contributed by atoms with E-state index in [9.17, 15) is 8.42 Å². The van der Waals surface area contributed by atoms with Crippen molar-refractivity contribution >= 4 is 9.84 Å². The van der Waals surface area contributed by atoms with E-state index in [0.717, 1.165) is 0 Å². The number of sulfone groups is 1. The van der Waals surface area contributed by atoms with Crippen molar-refractivity contribution in [1.29, 1.82) is 0 Å². The SMILES string of the molecule is COc1ccc([C@@H](CN)S(=O)(=O)c2ccc(OC)cc2)cc1. The fourth-order valence-corrected chi connectivity index (χ4v) is 3.80. The minimum Gasteiger partial charge on any atom is -0.497 e.